The fourth-order valence-electron chi connectivity index (χ4n) is 1.90. The fraction of sp³-hybridized carbons (Fsp3) is 0.429. The Morgan fingerprint density at radius 1 is 1.12 bits per heavy atom. The molecule has 17 heavy (non-hydrogen) atoms. The number of nitrogens with zero attached hydrogens (tertiary/aromatic N) is 2. The first-order valence-electron chi connectivity index (χ1n) is 6.06. The number of hydrogen-bond acceptors (Lipinski definition) is 3. The summed E-state index contributed by atoms with van der Waals surface area (Å²) in [5, 5.41) is 10.9. The van der Waals surface area contributed by atoms with E-state index in [4.69, 9.17) is 5.73 Å². The van der Waals surface area contributed by atoms with Crippen LogP contribution in [0.1, 0.15) is 25.2 Å². The summed E-state index contributed by atoms with van der Waals surface area (Å²) in [6.07, 6.45) is 0.783. The molecule has 90 valence electrons. The molecule has 1 heterocycles. The summed E-state index contributed by atoms with van der Waals surface area (Å²) in [6, 6.07) is 8.38. The van der Waals surface area contributed by atoms with Crippen molar-refractivity contribution in [2.24, 2.45) is 11.7 Å². The predicted octanol–water partition coefficient (Wildman–Crippen LogP) is 2.46. The third-order valence-corrected chi connectivity index (χ3v) is 3.23. The van der Waals surface area contributed by atoms with Crippen LogP contribution in [0.25, 0.3) is 10.8 Å². The summed E-state index contributed by atoms with van der Waals surface area (Å²) in [5.74, 6) is 0.455. The highest BCUT2D eigenvalue weighted by Gasteiger charge is 2.13. The monoisotopic (exact) mass is 229 g/mol. The van der Waals surface area contributed by atoms with Gasteiger partial charge in [-0.25, -0.2) is 0 Å². The van der Waals surface area contributed by atoms with Crippen LogP contribution < -0.4 is 5.73 Å². The van der Waals surface area contributed by atoms with Crippen LogP contribution in [0.5, 0.6) is 0 Å². The maximum absolute atomic E-state index is 6.11. The third-order valence-electron chi connectivity index (χ3n) is 3.23. The summed E-state index contributed by atoms with van der Waals surface area (Å²) >= 11 is 0. The van der Waals surface area contributed by atoms with Gasteiger partial charge >= 0.3 is 0 Å². The van der Waals surface area contributed by atoms with Crippen LogP contribution in [-0.2, 0) is 6.42 Å². The molecule has 2 N–H and O–H groups in total. The van der Waals surface area contributed by atoms with Crippen LogP contribution in [0.2, 0.25) is 0 Å². The first-order valence-corrected chi connectivity index (χ1v) is 6.06. The quantitative estimate of drug-likeness (QED) is 0.879. The standard InChI is InChI=1S/C14H19N3/c1-9(2)13(15)8-14-12-7-5-4-6-11(12)10(3)16-17-14/h4-7,9,13H,8,15H2,1-3H3. The molecule has 0 spiro atoms. The van der Waals surface area contributed by atoms with Crippen molar-refractivity contribution in [1.29, 1.82) is 0 Å². The van der Waals surface area contributed by atoms with Crippen LogP contribution in [0, 0.1) is 12.8 Å². The molecule has 1 unspecified atom stereocenters. The third kappa shape index (κ3) is 2.44. The number of rotatable bonds is 3. The Labute approximate surface area is 102 Å². The van der Waals surface area contributed by atoms with Crippen molar-refractivity contribution in [3.05, 3.63) is 35.7 Å². The van der Waals surface area contributed by atoms with Gasteiger partial charge in [0.2, 0.25) is 0 Å². The van der Waals surface area contributed by atoms with Gasteiger partial charge in [0.1, 0.15) is 0 Å². The zero-order valence-electron chi connectivity index (χ0n) is 10.6. The van der Waals surface area contributed by atoms with Gasteiger partial charge in [0.25, 0.3) is 0 Å². The van der Waals surface area contributed by atoms with Crippen molar-refractivity contribution in [2.45, 2.75) is 33.2 Å². The van der Waals surface area contributed by atoms with Crippen LogP contribution in [0.3, 0.4) is 0 Å². The van der Waals surface area contributed by atoms with Crippen molar-refractivity contribution in [2.75, 3.05) is 0 Å². The second-order valence-electron chi connectivity index (χ2n) is 4.89. The average molecular weight is 229 g/mol. The van der Waals surface area contributed by atoms with Crippen molar-refractivity contribution < 1.29 is 0 Å². The van der Waals surface area contributed by atoms with E-state index in [1.165, 1.54) is 10.8 Å². The highest BCUT2D eigenvalue weighted by molar-refractivity contribution is 5.86. The van der Waals surface area contributed by atoms with Gasteiger partial charge in [0.05, 0.1) is 11.4 Å². The number of fused-ring (bicyclic) bond motifs is 1. The second-order valence-corrected chi connectivity index (χ2v) is 4.89. The molecular weight excluding hydrogens is 210 g/mol. The molecule has 1 aromatic heterocycles. The molecule has 0 fully saturated rings. The maximum atomic E-state index is 6.11. The highest BCUT2D eigenvalue weighted by atomic mass is 15.1. The molecule has 0 aliphatic heterocycles. The van der Waals surface area contributed by atoms with Crippen molar-refractivity contribution in [1.82, 2.24) is 10.2 Å². The summed E-state index contributed by atoms with van der Waals surface area (Å²) < 4.78 is 0. The van der Waals surface area contributed by atoms with E-state index >= 15 is 0 Å². The maximum Gasteiger partial charge on any atom is 0.0725 e. The molecule has 0 radical (unpaired) electrons. The van der Waals surface area contributed by atoms with Gasteiger partial charge in [-0.15, -0.1) is 0 Å². The molecule has 2 aromatic rings. The summed E-state index contributed by atoms with van der Waals surface area (Å²) in [7, 11) is 0. The first-order chi connectivity index (χ1) is 8.09. The molecular formula is C14H19N3. The van der Waals surface area contributed by atoms with Gasteiger partial charge in [-0.05, 0) is 12.8 Å². The van der Waals surface area contributed by atoms with E-state index in [2.05, 4.69) is 36.2 Å². The van der Waals surface area contributed by atoms with Crippen molar-refractivity contribution >= 4 is 10.8 Å². The molecule has 0 aliphatic carbocycles. The molecule has 0 saturated heterocycles. The van der Waals surface area contributed by atoms with E-state index in [9.17, 15) is 0 Å². The number of aryl methyl sites for hydroxylation is 1. The number of aromatic nitrogens is 2. The van der Waals surface area contributed by atoms with Gasteiger partial charge in [-0.3, -0.25) is 0 Å². The molecule has 0 aliphatic rings. The Morgan fingerprint density at radius 3 is 2.41 bits per heavy atom. The van der Waals surface area contributed by atoms with Crippen LogP contribution in [-0.4, -0.2) is 16.2 Å². The van der Waals surface area contributed by atoms with E-state index in [0.29, 0.717) is 5.92 Å². The van der Waals surface area contributed by atoms with Crippen LogP contribution >= 0.6 is 0 Å². The van der Waals surface area contributed by atoms with Gasteiger partial charge < -0.3 is 5.73 Å². The minimum absolute atomic E-state index is 0.135. The van der Waals surface area contributed by atoms with Gasteiger partial charge in [0.15, 0.2) is 0 Å². The number of benzene rings is 1. The normalized spacial score (nSPS) is 13.2. The molecule has 0 bridgehead atoms. The van der Waals surface area contributed by atoms with Crippen molar-refractivity contribution in [3.8, 4) is 0 Å². The zero-order chi connectivity index (χ0) is 12.4. The molecule has 0 amide bonds. The highest BCUT2D eigenvalue weighted by Crippen LogP contribution is 2.20. The van der Waals surface area contributed by atoms with Gasteiger partial charge in [-0.1, -0.05) is 38.1 Å². The Hall–Kier alpha value is -1.48. The summed E-state index contributed by atoms with van der Waals surface area (Å²) in [4.78, 5) is 0. The predicted molar refractivity (Wildman–Crippen MR) is 70.8 cm³/mol. The molecule has 3 heteroatoms. The number of hydrogen-bond donors (Lipinski definition) is 1. The lowest BCUT2D eigenvalue weighted by Crippen LogP contribution is -2.29. The van der Waals surface area contributed by atoms with Crippen LogP contribution in [0.4, 0.5) is 0 Å². The number of nitrogens with two attached hydrogens (primary N) is 1. The Bertz CT molecular complexity index is 520. The average Bonchev–Trinajstić information content (AvgIpc) is 2.33. The first kappa shape index (κ1) is 12.0. The Balaban J connectivity index is 2.45. The molecule has 1 atom stereocenters. The smallest absolute Gasteiger partial charge is 0.0725 e. The molecule has 1 aromatic carbocycles. The lowest BCUT2D eigenvalue weighted by Gasteiger charge is -2.16. The molecule has 0 saturated carbocycles. The second kappa shape index (κ2) is 4.80. The summed E-state index contributed by atoms with van der Waals surface area (Å²) in [5.41, 5.74) is 8.09. The zero-order valence-corrected chi connectivity index (χ0v) is 10.6. The van der Waals surface area contributed by atoms with E-state index in [0.717, 1.165) is 17.8 Å². The van der Waals surface area contributed by atoms with Gasteiger partial charge in [0, 0.05) is 23.2 Å². The Kier molecular flexibility index (Phi) is 3.38. The SMILES string of the molecule is Cc1nnc(CC(N)C(C)C)c2ccccc12. The minimum atomic E-state index is 0.135. The fourth-order valence-corrected chi connectivity index (χ4v) is 1.90. The van der Waals surface area contributed by atoms with E-state index in [-0.39, 0.29) is 6.04 Å². The van der Waals surface area contributed by atoms with Gasteiger partial charge in [-0.2, -0.15) is 10.2 Å². The lowest BCUT2D eigenvalue weighted by molar-refractivity contribution is 0.486. The van der Waals surface area contributed by atoms with E-state index < -0.39 is 0 Å². The lowest BCUT2D eigenvalue weighted by atomic mass is 9.97. The van der Waals surface area contributed by atoms with Crippen molar-refractivity contribution in [3.63, 3.8) is 0 Å². The topological polar surface area (TPSA) is 51.8 Å². The Morgan fingerprint density at radius 2 is 1.76 bits per heavy atom. The van der Waals surface area contributed by atoms with Crippen LogP contribution in [0.15, 0.2) is 24.3 Å². The van der Waals surface area contributed by atoms with E-state index in [1.807, 2.05) is 19.1 Å². The molecule has 3 nitrogen and oxygen atoms in total. The molecule has 2 rings (SSSR count). The largest absolute Gasteiger partial charge is 0.327 e. The summed E-state index contributed by atoms with van der Waals surface area (Å²) in [6.45, 7) is 6.25. The van der Waals surface area contributed by atoms with E-state index in [1.54, 1.807) is 0 Å². The minimum Gasteiger partial charge on any atom is -0.327 e.